The Morgan fingerprint density at radius 1 is 1.30 bits per heavy atom. The predicted octanol–water partition coefficient (Wildman–Crippen LogP) is 1.89. The molecule has 2 aliphatic heterocycles. The molecule has 5 nitrogen and oxygen atoms in total. The SMILES string of the molecule is COc1ccc(C2=C(C(=O)O)N3C(=O)C[C@@]3(C)C2)cc1. The lowest BCUT2D eigenvalue weighted by Crippen LogP contribution is -2.58. The van der Waals surface area contributed by atoms with Crippen molar-refractivity contribution in [3.8, 4) is 5.75 Å². The summed E-state index contributed by atoms with van der Waals surface area (Å²) in [7, 11) is 1.58. The zero-order valence-electron chi connectivity index (χ0n) is 11.3. The van der Waals surface area contributed by atoms with Gasteiger partial charge in [0.1, 0.15) is 11.4 Å². The standard InChI is InChI=1S/C15H15NO4/c1-15-7-11(9-3-5-10(20-2)6-4-9)13(14(18)19)16(15)12(17)8-15/h3-6H,7-8H2,1-2H3,(H,18,19)/t15-/m1/s1. The maximum absolute atomic E-state index is 11.7. The molecule has 0 aromatic heterocycles. The van der Waals surface area contributed by atoms with Crippen molar-refractivity contribution in [1.29, 1.82) is 0 Å². The fourth-order valence-corrected chi connectivity index (χ4v) is 3.09. The molecule has 0 saturated carbocycles. The third-order valence-corrected chi connectivity index (χ3v) is 4.03. The molecule has 0 bridgehead atoms. The van der Waals surface area contributed by atoms with Crippen LogP contribution in [0.15, 0.2) is 30.0 Å². The van der Waals surface area contributed by atoms with Crippen LogP contribution in [-0.4, -0.2) is 34.5 Å². The van der Waals surface area contributed by atoms with Crippen LogP contribution in [0, 0.1) is 0 Å². The normalized spacial score (nSPS) is 24.5. The number of carboxylic acids is 1. The number of hydrogen-bond acceptors (Lipinski definition) is 3. The van der Waals surface area contributed by atoms with Gasteiger partial charge in [0.15, 0.2) is 0 Å². The lowest BCUT2D eigenvalue weighted by molar-refractivity contribution is -0.153. The van der Waals surface area contributed by atoms with Crippen LogP contribution in [-0.2, 0) is 9.59 Å². The van der Waals surface area contributed by atoms with Crippen molar-refractivity contribution in [2.24, 2.45) is 0 Å². The van der Waals surface area contributed by atoms with Crippen molar-refractivity contribution in [1.82, 2.24) is 4.90 Å². The summed E-state index contributed by atoms with van der Waals surface area (Å²) in [6.45, 7) is 1.92. The first kappa shape index (κ1) is 12.7. The van der Waals surface area contributed by atoms with E-state index in [-0.39, 0.29) is 17.1 Å². The van der Waals surface area contributed by atoms with E-state index in [1.807, 2.05) is 19.1 Å². The van der Waals surface area contributed by atoms with E-state index in [1.54, 1.807) is 19.2 Å². The summed E-state index contributed by atoms with van der Waals surface area (Å²) in [5.41, 5.74) is 1.29. The molecule has 1 aromatic carbocycles. The molecule has 5 heteroatoms. The van der Waals surface area contributed by atoms with Gasteiger partial charge >= 0.3 is 5.97 Å². The number of methoxy groups -OCH3 is 1. The third-order valence-electron chi connectivity index (χ3n) is 4.03. The Morgan fingerprint density at radius 2 is 1.95 bits per heavy atom. The minimum atomic E-state index is -1.05. The van der Waals surface area contributed by atoms with Crippen molar-refractivity contribution in [2.75, 3.05) is 7.11 Å². The smallest absolute Gasteiger partial charge is 0.352 e. The number of carbonyl (C=O) groups excluding carboxylic acids is 1. The Hall–Kier alpha value is -2.30. The van der Waals surface area contributed by atoms with E-state index < -0.39 is 5.97 Å². The molecule has 20 heavy (non-hydrogen) atoms. The summed E-state index contributed by atoms with van der Waals surface area (Å²) in [5, 5.41) is 9.42. The van der Waals surface area contributed by atoms with Crippen molar-refractivity contribution in [3.63, 3.8) is 0 Å². The van der Waals surface area contributed by atoms with Gasteiger partial charge in [-0.1, -0.05) is 12.1 Å². The third kappa shape index (κ3) is 1.62. The zero-order chi connectivity index (χ0) is 14.5. The van der Waals surface area contributed by atoms with Gasteiger partial charge in [0.05, 0.1) is 19.1 Å². The van der Waals surface area contributed by atoms with E-state index in [4.69, 9.17) is 4.74 Å². The number of hydrogen-bond donors (Lipinski definition) is 1. The molecule has 3 rings (SSSR count). The molecular formula is C15H15NO4. The highest BCUT2D eigenvalue weighted by atomic mass is 16.5. The molecule has 2 heterocycles. The van der Waals surface area contributed by atoms with Crippen LogP contribution in [0.25, 0.3) is 5.57 Å². The van der Waals surface area contributed by atoms with Crippen LogP contribution >= 0.6 is 0 Å². The number of benzene rings is 1. The Balaban J connectivity index is 2.07. The molecule has 1 amide bonds. The number of carboxylic acid groups (broad SMARTS) is 1. The molecule has 1 atom stereocenters. The Labute approximate surface area is 116 Å². The van der Waals surface area contributed by atoms with E-state index in [0.29, 0.717) is 18.4 Å². The maximum atomic E-state index is 11.7. The van der Waals surface area contributed by atoms with E-state index in [9.17, 15) is 14.7 Å². The van der Waals surface area contributed by atoms with Gasteiger partial charge in [-0.2, -0.15) is 0 Å². The first-order chi connectivity index (χ1) is 9.46. The second-order valence-corrected chi connectivity index (χ2v) is 5.44. The maximum Gasteiger partial charge on any atom is 0.352 e. The topological polar surface area (TPSA) is 66.8 Å². The van der Waals surface area contributed by atoms with Crippen molar-refractivity contribution in [3.05, 3.63) is 35.5 Å². The van der Waals surface area contributed by atoms with Crippen LogP contribution in [0.5, 0.6) is 5.75 Å². The van der Waals surface area contributed by atoms with Crippen molar-refractivity contribution in [2.45, 2.75) is 25.3 Å². The molecule has 2 aliphatic rings. The minimum Gasteiger partial charge on any atom is -0.497 e. The Bertz CT molecular complexity index is 632. The van der Waals surface area contributed by atoms with Gasteiger partial charge in [0.2, 0.25) is 5.91 Å². The average Bonchev–Trinajstić information content (AvgIpc) is 2.67. The van der Waals surface area contributed by atoms with E-state index >= 15 is 0 Å². The minimum absolute atomic E-state index is 0.117. The number of fused-ring (bicyclic) bond motifs is 1. The highest BCUT2D eigenvalue weighted by molar-refractivity contribution is 6.06. The molecule has 1 aromatic rings. The molecule has 104 valence electrons. The van der Waals surface area contributed by atoms with E-state index in [1.165, 1.54) is 4.90 Å². The van der Waals surface area contributed by atoms with Crippen LogP contribution in [0.1, 0.15) is 25.3 Å². The van der Waals surface area contributed by atoms with Crippen LogP contribution in [0.4, 0.5) is 0 Å². The van der Waals surface area contributed by atoms with Crippen LogP contribution in [0.3, 0.4) is 0 Å². The second-order valence-electron chi connectivity index (χ2n) is 5.44. The molecule has 1 saturated heterocycles. The first-order valence-electron chi connectivity index (χ1n) is 6.40. The van der Waals surface area contributed by atoms with Gasteiger partial charge in [0, 0.05) is 0 Å². The fourth-order valence-electron chi connectivity index (χ4n) is 3.09. The first-order valence-corrected chi connectivity index (χ1v) is 6.40. The average molecular weight is 273 g/mol. The number of amides is 1. The number of aliphatic carboxylic acids is 1. The monoisotopic (exact) mass is 273 g/mol. The summed E-state index contributed by atoms with van der Waals surface area (Å²) >= 11 is 0. The molecular weight excluding hydrogens is 258 g/mol. The van der Waals surface area contributed by atoms with Gasteiger partial charge in [0.25, 0.3) is 0 Å². The lowest BCUT2D eigenvalue weighted by atomic mass is 9.83. The van der Waals surface area contributed by atoms with E-state index in [0.717, 1.165) is 11.3 Å². The van der Waals surface area contributed by atoms with Crippen LogP contribution < -0.4 is 4.74 Å². The van der Waals surface area contributed by atoms with E-state index in [2.05, 4.69) is 0 Å². The number of rotatable bonds is 3. The Morgan fingerprint density at radius 3 is 2.45 bits per heavy atom. The summed E-state index contributed by atoms with van der Waals surface area (Å²) in [6.07, 6.45) is 0.982. The molecule has 0 radical (unpaired) electrons. The van der Waals surface area contributed by atoms with Crippen molar-refractivity contribution < 1.29 is 19.4 Å². The Kier molecular flexibility index (Phi) is 2.61. The predicted molar refractivity (Wildman–Crippen MR) is 72.0 cm³/mol. The number of ether oxygens (including phenoxy) is 1. The summed E-state index contributed by atoms with van der Waals surface area (Å²) < 4.78 is 5.10. The lowest BCUT2D eigenvalue weighted by Gasteiger charge is -2.45. The van der Waals surface area contributed by atoms with Gasteiger partial charge in [-0.3, -0.25) is 9.69 Å². The highest BCUT2D eigenvalue weighted by Gasteiger charge is 2.56. The second kappa shape index (κ2) is 4.10. The number of β-lactam (4-membered cyclic amide) rings is 1. The quantitative estimate of drug-likeness (QED) is 0.854. The fraction of sp³-hybridized carbons (Fsp3) is 0.333. The molecule has 1 fully saturated rings. The highest BCUT2D eigenvalue weighted by Crippen LogP contribution is 2.50. The molecule has 0 unspecified atom stereocenters. The van der Waals surface area contributed by atoms with Gasteiger partial charge in [-0.05, 0) is 36.6 Å². The number of nitrogens with zero attached hydrogens (tertiary/aromatic N) is 1. The largest absolute Gasteiger partial charge is 0.497 e. The summed E-state index contributed by atoms with van der Waals surface area (Å²) in [4.78, 5) is 24.7. The van der Waals surface area contributed by atoms with Gasteiger partial charge in [-0.15, -0.1) is 0 Å². The molecule has 0 aliphatic carbocycles. The zero-order valence-corrected chi connectivity index (χ0v) is 11.3. The van der Waals surface area contributed by atoms with Crippen molar-refractivity contribution >= 4 is 17.4 Å². The van der Waals surface area contributed by atoms with Crippen LogP contribution in [0.2, 0.25) is 0 Å². The summed E-state index contributed by atoms with van der Waals surface area (Å²) in [5.74, 6) is -0.448. The number of carbonyl (C=O) groups is 2. The molecule has 0 spiro atoms. The van der Waals surface area contributed by atoms with Gasteiger partial charge in [-0.25, -0.2) is 4.79 Å². The molecule has 1 N–H and O–H groups in total. The summed E-state index contributed by atoms with van der Waals surface area (Å²) in [6, 6.07) is 7.25. The van der Waals surface area contributed by atoms with Gasteiger partial charge < -0.3 is 9.84 Å².